The first-order valence-corrected chi connectivity index (χ1v) is 12.4. The van der Waals surface area contributed by atoms with Crippen LogP contribution in [0.4, 0.5) is 10.5 Å². The number of carbonyl (C=O) groups is 1. The predicted octanol–water partition coefficient (Wildman–Crippen LogP) is 4.51. The van der Waals surface area contributed by atoms with E-state index >= 15 is 0 Å². The van der Waals surface area contributed by atoms with Crippen LogP contribution >= 0.6 is 11.6 Å². The van der Waals surface area contributed by atoms with E-state index in [4.69, 9.17) is 16.1 Å². The molecule has 1 saturated heterocycles. The molecule has 0 aliphatic carbocycles. The fraction of sp³-hybridized carbons (Fsp3) is 0.318. The lowest BCUT2D eigenvalue weighted by Crippen LogP contribution is -2.40. The number of aromatic nitrogens is 2. The Morgan fingerprint density at radius 1 is 1.16 bits per heavy atom. The summed E-state index contributed by atoms with van der Waals surface area (Å²) in [5.41, 5.74) is 2.29. The molecule has 0 spiro atoms. The summed E-state index contributed by atoms with van der Waals surface area (Å²) in [5, 5.41) is 7.42. The Bertz CT molecular complexity index is 1230. The first-order chi connectivity index (χ1) is 15.2. The summed E-state index contributed by atoms with van der Waals surface area (Å²) in [6, 6.07) is 11.7. The number of amides is 2. The lowest BCUT2D eigenvalue weighted by Gasteiger charge is -2.30. The zero-order chi connectivity index (χ0) is 22.9. The van der Waals surface area contributed by atoms with Crippen LogP contribution in [0.3, 0.4) is 0 Å². The van der Waals surface area contributed by atoms with E-state index in [0.717, 1.165) is 11.8 Å². The van der Waals surface area contributed by atoms with E-state index in [2.05, 4.69) is 15.5 Å². The normalized spacial score (nSPS) is 15.0. The Morgan fingerprint density at radius 2 is 1.84 bits per heavy atom. The number of likely N-dealkylation sites (tertiary alicyclic amines) is 1. The van der Waals surface area contributed by atoms with Crippen molar-refractivity contribution in [3.05, 3.63) is 58.9 Å². The third kappa shape index (κ3) is 4.94. The topological polar surface area (TPSA) is 105 Å². The first-order valence-electron chi connectivity index (χ1n) is 10.2. The van der Waals surface area contributed by atoms with Gasteiger partial charge in [0.1, 0.15) is 0 Å². The highest BCUT2D eigenvalue weighted by molar-refractivity contribution is 7.90. The summed E-state index contributed by atoms with van der Waals surface area (Å²) >= 11 is 6.18. The van der Waals surface area contributed by atoms with Crippen molar-refractivity contribution in [1.82, 2.24) is 15.0 Å². The molecule has 1 aliphatic rings. The Balaban J connectivity index is 1.37. The van der Waals surface area contributed by atoms with E-state index in [1.807, 2.05) is 19.1 Å². The van der Waals surface area contributed by atoms with Crippen LogP contribution in [0.15, 0.2) is 51.9 Å². The van der Waals surface area contributed by atoms with Crippen molar-refractivity contribution in [2.45, 2.75) is 30.6 Å². The number of hydrogen-bond acceptors (Lipinski definition) is 6. The van der Waals surface area contributed by atoms with E-state index in [1.165, 1.54) is 12.1 Å². The molecule has 0 atom stereocenters. The van der Waals surface area contributed by atoms with E-state index < -0.39 is 9.84 Å². The quantitative estimate of drug-likeness (QED) is 0.596. The van der Waals surface area contributed by atoms with Gasteiger partial charge in [0.25, 0.3) is 0 Å². The molecule has 32 heavy (non-hydrogen) atoms. The summed E-state index contributed by atoms with van der Waals surface area (Å²) in [4.78, 5) is 19.1. The maximum Gasteiger partial charge on any atom is 0.321 e. The van der Waals surface area contributed by atoms with Gasteiger partial charge in [0.2, 0.25) is 11.7 Å². The number of rotatable bonds is 4. The molecule has 1 N–H and O–H groups in total. The molecular formula is C22H23ClN4O4S. The van der Waals surface area contributed by atoms with Crippen LogP contribution in [0, 0.1) is 6.92 Å². The second-order valence-electron chi connectivity index (χ2n) is 7.93. The van der Waals surface area contributed by atoms with Crippen LogP contribution in [-0.2, 0) is 9.84 Å². The van der Waals surface area contributed by atoms with Gasteiger partial charge in [-0.05, 0) is 61.7 Å². The van der Waals surface area contributed by atoms with Gasteiger partial charge in [-0.3, -0.25) is 0 Å². The summed E-state index contributed by atoms with van der Waals surface area (Å²) in [6.07, 6.45) is 2.56. The lowest BCUT2D eigenvalue weighted by molar-refractivity contribution is 0.187. The highest BCUT2D eigenvalue weighted by Crippen LogP contribution is 2.30. The molecule has 0 bridgehead atoms. The Morgan fingerprint density at radius 3 is 2.50 bits per heavy atom. The minimum absolute atomic E-state index is 0.0538. The average Bonchev–Trinajstić information content (AvgIpc) is 3.26. The van der Waals surface area contributed by atoms with E-state index in [9.17, 15) is 13.2 Å². The number of benzene rings is 2. The van der Waals surface area contributed by atoms with Gasteiger partial charge >= 0.3 is 6.03 Å². The number of hydrogen-bond donors (Lipinski definition) is 1. The van der Waals surface area contributed by atoms with Crippen molar-refractivity contribution < 1.29 is 17.7 Å². The van der Waals surface area contributed by atoms with Crippen LogP contribution in [0.1, 0.15) is 30.2 Å². The predicted molar refractivity (Wildman–Crippen MR) is 122 cm³/mol. The summed E-state index contributed by atoms with van der Waals surface area (Å²) in [7, 11) is -3.26. The third-order valence-corrected chi connectivity index (χ3v) is 6.94. The van der Waals surface area contributed by atoms with Crippen LogP contribution in [0.2, 0.25) is 5.02 Å². The number of piperidine rings is 1. The molecule has 2 aromatic carbocycles. The van der Waals surface area contributed by atoms with Gasteiger partial charge in [0.05, 0.1) is 15.6 Å². The highest BCUT2D eigenvalue weighted by atomic mass is 35.5. The Labute approximate surface area is 191 Å². The summed E-state index contributed by atoms with van der Waals surface area (Å²) in [6.45, 7) is 3.05. The number of sulfone groups is 1. The van der Waals surface area contributed by atoms with Crippen molar-refractivity contribution >= 4 is 33.2 Å². The SMILES string of the molecule is Cc1ccc(Cl)c(NC(=O)N2CCC(c3nc(-c4ccc(S(C)(=O)=O)cc4)no3)CC2)c1. The number of urea groups is 1. The summed E-state index contributed by atoms with van der Waals surface area (Å²) in [5.74, 6) is 0.987. The average molecular weight is 475 g/mol. The molecule has 0 saturated carbocycles. The fourth-order valence-electron chi connectivity index (χ4n) is 3.63. The number of nitrogens with zero attached hydrogens (tertiary/aromatic N) is 3. The molecule has 10 heteroatoms. The summed E-state index contributed by atoms with van der Waals surface area (Å²) < 4.78 is 28.7. The number of halogens is 1. The Kier molecular flexibility index (Phi) is 6.21. The van der Waals surface area contributed by atoms with Crippen LogP contribution < -0.4 is 5.32 Å². The van der Waals surface area contributed by atoms with Crippen molar-refractivity contribution in [3.63, 3.8) is 0 Å². The van der Waals surface area contributed by atoms with Crippen molar-refractivity contribution in [1.29, 1.82) is 0 Å². The number of aryl methyl sites for hydroxylation is 1. The second-order valence-corrected chi connectivity index (χ2v) is 10.4. The molecule has 168 valence electrons. The van der Waals surface area contributed by atoms with Gasteiger partial charge in [-0.1, -0.05) is 22.8 Å². The van der Waals surface area contributed by atoms with Crippen molar-refractivity contribution in [2.24, 2.45) is 0 Å². The molecule has 1 fully saturated rings. The van der Waals surface area contributed by atoms with Gasteiger partial charge < -0.3 is 14.7 Å². The molecule has 4 rings (SSSR count). The van der Waals surface area contributed by atoms with Crippen molar-refractivity contribution in [2.75, 3.05) is 24.7 Å². The van der Waals surface area contributed by atoms with Crippen molar-refractivity contribution in [3.8, 4) is 11.4 Å². The molecule has 0 unspecified atom stereocenters. The standard InChI is InChI=1S/C22H23ClN4O4S/c1-14-3-8-18(23)19(13-14)24-22(28)27-11-9-16(10-12-27)21-25-20(26-31-21)15-4-6-17(7-5-15)32(2,29)30/h3-8,13,16H,9-12H2,1-2H3,(H,24,28). The molecule has 1 aliphatic heterocycles. The smallest absolute Gasteiger partial charge is 0.321 e. The highest BCUT2D eigenvalue weighted by Gasteiger charge is 2.28. The maximum atomic E-state index is 12.6. The minimum Gasteiger partial charge on any atom is -0.339 e. The molecule has 3 aromatic rings. The largest absolute Gasteiger partial charge is 0.339 e. The van der Waals surface area contributed by atoms with Crippen LogP contribution in [0.5, 0.6) is 0 Å². The molecule has 0 radical (unpaired) electrons. The number of carbonyl (C=O) groups excluding carboxylic acids is 1. The number of anilines is 1. The second kappa shape index (κ2) is 8.91. The maximum absolute atomic E-state index is 12.6. The molecule has 2 heterocycles. The molecule has 1 aromatic heterocycles. The lowest BCUT2D eigenvalue weighted by atomic mass is 9.97. The third-order valence-electron chi connectivity index (χ3n) is 5.48. The van der Waals surface area contributed by atoms with Gasteiger partial charge in [-0.25, -0.2) is 13.2 Å². The van der Waals surface area contributed by atoms with Crippen LogP contribution in [-0.4, -0.2) is 48.8 Å². The fourth-order valence-corrected chi connectivity index (χ4v) is 4.42. The zero-order valence-electron chi connectivity index (χ0n) is 17.7. The zero-order valence-corrected chi connectivity index (χ0v) is 19.3. The van der Waals surface area contributed by atoms with Gasteiger partial charge in [0, 0.05) is 30.8 Å². The molecular weight excluding hydrogens is 452 g/mol. The Hall–Kier alpha value is -2.91. The van der Waals surface area contributed by atoms with E-state index in [-0.39, 0.29) is 16.8 Å². The van der Waals surface area contributed by atoms with Gasteiger partial charge in [0.15, 0.2) is 9.84 Å². The van der Waals surface area contributed by atoms with Crippen LogP contribution in [0.25, 0.3) is 11.4 Å². The first kappa shape index (κ1) is 22.3. The van der Waals surface area contributed by atoms with E-state index in [1.54, 1.807) is 23.1 Å². The van der Waals surface area contributed by atoms with E-state index in [0.29, 0.717) is 53.9 Å². The number of nitrogens with one attached hydrogen (secondary N) is 1. The van der Waals surface area contributed by atoms with Gasteiger partial charge in [-0.2, -0.15) is 4.98 Å². The molecule has 8 nitrogen and oxygen atoms in total. The van der Waals surface area contributed by atoms with Gasteiger partial charge in [-0.15, -0.1) is 0 Å². The molecule has 2 amide bonds. The monoisotopic (exact) mass is 474 g/mol. The minimum atomic E-state index is -3.26.